The second kappa shape index (κ2) is 8.98. The van der Waals surface area contributed by atoms with Crippen LogP contribution in [-0.2, 0) is 11.3 Å². The number of rotatable bonds is 8. The molecule has 2 aromatic carbocycles. The number of carbonyl (C=O) groups is 1. The van der Waals surface area contributed by atoms with E-state index >= 15 is 0 Å². The van der Waals surface area contributed by atoms with E-state index in [1.54, 1.807) is 13.2 Å². The smallest absolute Gasteiger partial charge is 0.244 e. The van der Waals surface area contributed by atoms with Gasteiger partial charge in [0.25, 0.3) is 0 Å². The summed E-state index contributed by atoms with van der Waals surface area (Å²) in [6.45, 7) is 3.33. The van der Waals surface area contributed by atoms with Crippen molar-refractivity contribution < 1.29 is 23.7 Å². The molecule has 0 saturated carbocycles. The predicted octanol–water partition coefficient (Wildman–Crippen LogP) is 3.54. The quantitative estimate of drug-likeness (QED) is 0.721. The molecule has 0 spiro atoms. The van der Waals surface area contributed by atoms with Crippen LogP contribution in [0.15, 0.2) is 42.5 Å². The maximum Gasteiger partial charge on any atom is 0.244 e. The summed E-state index contributed by atoms with van der Waals surface area (Å²) in [6.07, 6.45) is 4.16. The normalized spacial score (nSPS) is 12.2. The molecule has 27 heavy (non-hydrogen) atoms. The lowest BCUT2D eigenvalue weighted by atomic mass is 10.2. The van der Waals surface area contributed by atoms with Crippen molar-refractivity contribution in [3.05, 3.63) is 53.6 Å². The van der Waals surface area contributed by atoms with Crippen LogP contribution in [-0.4, -0.2) is 26.4 Å². The third-order valence-corrected chi connectivity index (χ3v) is 3.98. The fraction of sp³-hybridized carbons (Fsp3) is 0.286. The van der Waals surface area contributed by atoms with Gasteiger partial charge in [-0.05, 0) is 47.9 Å². The summed E-state index contributed by atoms with van der Waals surface area (Å²) in [4.78, 5) is 12.1. The molecule has 1 aliphatic heterocycles. The molecule has 0 unspecified atom stereocenters. The van der Waals surface area contributed by atoms with Gasteiger partial charge < -0.3 is 24.3 Å². The average molecular weight is 369 g/mol. The fourth-order valence-corrected chi connectivity index (χ4v) is 2.59. The van der Waals surface area contributed by atoms with E-state index in [1.807, 2.05) is 43.3 Å². The van der Waals surface area contributed by atoms with Crippen LogP contribution in [0.2, 0.25) is 0 Å². The van der Waals surface area contributed by atoms with Gasteiger partial charge in [-0.25, -0.2) is 0 Å². The molecular formula is C21H23NO5. The molecule has 0 atom stereocenters. The summed E-state index contributed by atoms with van der Waals surface area (Å²) < 4.78 is 21.6. The van der Waals surface area contributed by atoms with Gasteiger partial charge in [0.05, 0.1) is 13.7 Å². The first-order valence-corrected chi connectivity index (χ1v) is 8.85. The first-order chi connectivity index (χ1) is 13.2. The number of hydrogen-bond donors (Lipinski definition) is 1. The van der Waals surface area contributed by atoms with Crippen LogP contribution in [0.25, 0.3) is 6.08 Å². The Hall–Kier alpha value is -3.15. The summed E-state index contributed by atoms with van der Waals surface area (Å²) in [5.74, 6) is 2.59. The van der Waals surface area contributed by atoms with Gasteiger partial charge in [0.15, 0.2) is 23.0 Å². The monoisotopic (exact) mass is 369 g/mol. The molecule has 0 aromatic heterocycles. The lowest BCUT2D eigenvalue weighted by Crippen LogP contribution is -2.20. The number of carbonyl (C=O) groups excluding carboxylic acids is 1. The summed E-state index contributed by atoms with van der Waals surface area (Å²) >= 11 is 0. The zero-order valence-corrected chi connectivity index (χ0v) is 15.5. The summed E-state index contributed by atoms with van der Waals surface area (Å²) in [6, 6.07) is 11.2. The molecule has 2 aromatic rings. The second-order valence-electron chi connectivity index (χ2n) is 6.00. The van der Waals surface area contributed by atoms with Gasteiger partial charge in [-0.3, -0.25) is 4.79 Å². The highest BCUT2D eigenvalue weighted by atomic mass is 16.7. The first-order valence-electron chi connectivity index (χ1n) is 8.85. The molecule has 0 saturated heterocycles. The van der Waals surface area contributed by atoms with E-state index in [9.17, 15) is 4.79 Å². The molecule has 0 fully saturated rings. The van der Waals surface area contributed by atoms with Crippen LogP contribution in [0.5, 0.6) is 23.0 Å². The van der Waals surface area contributed by atoms with Gasteiger partial charge in [0.1, 0.15) is 0 Å². The number of fused-ring (bicyclic) bond motifs is 1. The van der Waals surface area contributed by atoms with Crippen LogP contribution >= 0.6 is 0 Å². The number of benzene rings is 2. The van der Waals surface area contributed by atoms with E-state index in [4.69, 9.17) is 18.9 Å². The molecule has 1 heterocycles. The molecule has 6 nitrogen and oxygen atoms in total. The van der Waals surface area contributed by atoms with E-state index < -0.39 is 0 Å². The highest BCUT2D eigenvalue weighted by molar-refractivity contribution is 5.91. The Kier molecular flexibility index (Phi) is 6.20. The van der Waals surface area contributed by atoms with Crippen molar-refractivity contribution in [2.45, 2.75) is 19.9 Å². The Labute approximate surface area is 158 Å². The van der Waals surface area contributed by atoms with Crippen molar-refractivity contribution in [1.29, 1.82) is 0 Å². The fourth-order valence-electron chi connectivity index (χ4n) is 2.59. The maximum absolute atomic E-state index is 12.1. The van der Waals surface area contributed by atoms with Crippen molar-refractivity contribution in [1.82, 2.24) is 5.32 Å². The Balaban J connectivity index is 1.56. The van der Waals surface area contributed by atoms with Crippen molar-refractivity contribution in [2.24, 2.45) is 0 Å². The largest absolute Gasteiger partial charge is 0.493 e. The van der Waals surface area contributed by atoms with E-state index in [0.29, 0.717) is 30.4 Å². The minimum absolute atomic E-state index is 0.182. The number of nitrogens with one attached hydrogen (secondary N) is 1. The Bertz CT molecular complexity index is 831. The highest BCUT2D eigenvalue weighted by Gasteiger charge is 2.13. The van der Waals surface area contributed by atoms with Crippen LogP contribution in [0, 0.1) is 0 Å². The van der Waals surface area contributed by atoms with Gasteiger partial charge in [0, 0.05) is 12.6 Å². The number of amides is 1. The van der Waals surface area contributed by atoms with Gasteiger partial charge in [-0.2, -0.15) is 0 Å². The Morgan fingerprint density at radius 3 is 2.81 bits per heavy atom. The third kappa shape index (κ3) is 4.94. The minimum atomic E-state index is -0.182. The predicted molar refractivity (Wildman–Crippen MR) is 102 cm³/mol. The lowest BCUT2D eigenvalue weighted by molar-refractivity contribution is -0.116. The molecule has 1 aliphatic rings. The molecular weight excluding hydrogens is 346 g/mol. The highest BCUT2D eigenvalue weighted by Crippen LogP contribution is 2.32. The average Bonchev–Trinajstić information content (AvgIpc) is 3.17. The maximum atomic E-state index is 12.1. The Morgan fingerprint density at radius 1 is 1.15 bits per heavy atom. The van der Waals surface area contributed by atoms with E-state index in [0.717, 1.165) is 23.3 Å². The zero-order chi connectivity index (χ0) is 19.1. The van der Waals surface area contributed by atoms with Crippen molar-refractivity contribution in [3.63, 3.8) is 0 Å². The Morgan fingerprint density at radius 2 is 2.00 bits per heavy atom. The SMILES string of the molecule is CCCOc1ccc(/C=C/C(=O)NCc2ccc3c(c2)OCO3)cc1OC. The van der Waals surface area contributed by atoms with Crippen LogP contribution in [0.1, 0.15) is 24.5 Å². The van der Waals surface area contributed by atoms with Crippen molar-refractivity contribution in [2.75, 3.05) is 20.5 Å². The van der Waals surface area contributed by atoms with Crippen LogP contribution in [0.3, 0.4) is 0 Å². The molecule has 0 radical (unpaired) electrons. The van der Waals surface area contributed by atoms with E-state index in [-0.39, 0.29) is 12.7 Å². The van der Waals surface area contributed by atoms with Crippen LogP contribution < -0.4 is 24.3 Å². The third-order valence-electron chi connectivity index (χ3n) is 3.98. The number of hydrogen-bond acceptors (Lipinski definition) is 5. The summed E-state index contributed by atoms with van der Waals surface area (Å²) in [5, 5.41) is 2.85. The second-order valence-corrected chi connectivity index (χ2v) is 6.00. The van der Waals surface area contributed by atoms with Crippen molar-refractivity contribution in [3.8, 4) is 23.0 Å². The molecule has 142 valence electrons. The number of methoxy groups -OCH3 is 1. The molecule has 6 heteroatoms. The zero-order valence-electron chi connectivity index (χ0n) is 15.5. The van der Waals surface area contributed by atoms with Crippen LogP contribution in [0.4, 0.5) is 0 Å². The molecule has 0 aliphatic carbocycles. The lowest BCUT2D eigenvalue weighted by Gasteiger charge is -2.10. The standard InChI is InChI=1S/C21H23NO5/c1-3-10-25-17-7-4-15(11-19(17)24-2)6-9-21(23)22-13-16-5-8-18-20(12-16)27-14-26-18/h4-9,11-12H,3,10,13-14H2,1-2H3,(H,22,23)/b9-6+. The minimum Gasteiger partial charge on any atom is -0.493 e. The molecule has 0 bridgehead atoms. The van der Waals surface area contributed by atoms with Gasteiger partial charge in [-0.15, -0.1) is 0 Å². The molecule has 3 rings (SSSR count). The van der Waals surface area contributed by atoms with Gasteiger partial charge >= 0.3 is 0 Å². The first kappa shape index (κ1) is 18.6. The number of ether oxygens (including phenoxy) is 4. The van der Waals surface area contributed by atoms with Crippen molar-refractivity contribution >= 4 is 12.0 Å². The summed E-state index contributed by atoms with van der Waals surface area (Å²) in [7, 11) is 1.60. The van der Waals surface area contributed by atoms with Gasteiger partial charge in [-0.1, -0.05) is 19.1 Å². The molecule has 1 N–H and O–H groups in total. The van der Waals surface area contributed by atoms with Gasteiger partial charge in [0.2, 0.25) is 12.7 Å². The van der Waals surface area contributed by atoms with E-state index in [1.165, 1.54) is 6.08 Å². The molecule has 1 amide bonds. The summed E-state index contributed by atoms with van der Waals surface area (Å²) in [5.41, 5.74) is 1.80. The van der Waals surface area contributed by atoms with E-state index in [2.05, 4.69) is 5.32 Å². The topological polar surface area (TPSA) is 66.0 Å².